The third-order valence-corrected chi connectivity index (χ3v) is 3.61. The molecule has 1 saturated carbocycles. The van der Waals surface area contributed by atoms with E-state index in [2.05, 4.69) is 21.7 Å². The lowest BCUT2D eigenvalue weighted by Gasteiger charge is -2.16. The number of pyridine rings is 1. The molecular weight excluding hydrogens is 236 g/mol. The Balaban J connectivity index is 1.67. The largest absolute Gasteiger partial charge is 0.369 e. The summed E-state index contributed by atoms with van der Waals surface area (Å²) < 4.78 is 0. The maximum atomic E-state index is 8.81. The van der Waals surface area contributed by atoms with Crippen LogP contribution in [0.2, 0.25) is 0 Å². The van der Waals surface area contributed by atoms with E-state index in [0.29, 0.717) is 11.6 Å². The van der Waals surface area contributed by atoms with Crippen molar-refractivity contribution in [2.45, 2.75) is 44.6 Å². The lowest BCUT2D eigenvalue weighted by molar-refractivity contribution is 0.468. The van der Waals surface area contributed by atoms with E-state index in [4.69, 9.17) is 5.26 Å². The summed E-state index contributed by atoms with van der Waals surface area (Å²) in [5.41, 5.74) is 0.647. The summed E-state index contributed by atoms with van der Waals surface area (Å²) in [6.45, 7) is 1.79. The number of rotatable bonds is 5. The van der Waals surface area contributed by atoms with Crippen LogP contribution in [0.5, 0.6) is 0 Å². The molecule has 2 rings (SSSR count). The molecule has 0 amide bonds. The van der Waals surface area contributed by atoms with Crippen LogP contribution in [0.3, 0.4) is 0 Å². The minimum absolute atomic E-state index is 0.647. The molecule has 0 unspecified atom stereocenters. The third kappa shape index (κ3) is 4.88. The number of aromatic nitrogens is 1. The van der Waals surface area contributed by atoms with E-state index in [-0.39, 0.29) is 0 Å². The Morgan fingerprint density at radius 3 is 2.74 bits per heavy atom. The number of nitrogens with one attached hydrogen (secondary N) is 2. The van der Waals surface area contributed by atoms with Crippen LogP contribution in [0.4, 0.5) is 5.82 Å². The van der Waals surface area contributed by atoms with Gasteiger partial charge in [-0.15, -0.1) is 0 Å². The second-order valence-electron chi connectivity index (χ2n) is 5.11. The normalized spacial score (nSPS) is 16.6. The van der Waals surface area contributed by atoms with Crippen molar-refractivity contribution >= 4 is 5.82 Å². The Morgan fingerprint density at radius 2 is 2.00 bits per heavy atom. The van der Waals surface area contributed by atoms with Crippen molar-refractivity contribution in [1.82, 2.24) is 10.3 Å². The Labute approximate surface area is 115 Å². The predicted molar refractivity (Wildman–Crippen MR) is 76.9 cm³/mol. The Kier molecular flexibility index (Phi) is 5.64. The molecule has 1 heterocycles. The first kappa shape index (κ1) is 13.8. The predicted octanol–water partition coefficient (Wildman–Crippen LogP) is 2.68. The van der Waals surface area contributed by atoms with Gasteiger partial charge in [0.05, 0.1) is 11.6 Å². The zero-order valence-electron chi connectivity index (χ0n) is 11.4. The van der Waals surface area contributed by atoms with Gasteiger partial charge in [-0.1, -0.05) is 25.7 Å². The van der Waals surface area contributed by atoms with Crippen molar-refractivity contribution in [3.05, 3.63) is 23.9 Å². The fraction of sp³-hybridized carbons (Fsp3) is 0.600. The molecule has 0 spiro atoms. The molecule has 0 bridgehead atoms. The second kappa shape index (κ2) is 7.75. The summed E-state index contributed by atoms with van der Waals surface area (Å²) in [5.74, 6) is 0.779. The molecular formula is C15H22N4. The summed E-state index contributed by atoms with van der Waals surface area (Å²) >= 11 is 0. The highest BCUT2D eigenvalue weighted by Gasteiger charge is 2.10. The van der Waals surface area contributed by atoms with Gasteiger partial charge in [-0.25, -0.2) is 4.98 Å². The van der Waals surface area contributed by atoms with Gasteiger partial charge in [-0.2, -0.15) is 5.26 Å². The molecule has 1 aromatic rings. The van der Waals surface area contributed by atoms with Gasteiger partial charge >= 0.3 is 0 Å². The second-order valence-corrected chi connectivity index (χ2v) is 5.11. The molecule has 0 saturated heterocycles. The number of nitriles is 1. The molecule has 1 aliphatic rings. The van der Waals surface area contributed by atoms with Crippen molar-refractivity contribution in [1.29, 1.82) is 5.26 Å². The first-order valence-electron chi connectivity index (χ1n) is 7.22. The number of nitrogens with zero attached hydrogens (tertiary/aromatic N) is 2. The van der Waals surface area contributed by atoms with Gasteiger partial charge in [0.2, 0.25) is 0 Å². The zero-order chi connectivity index (χ0) is 13.3. The topological polar surface area (TPSA) is 60.7 Å². The molecule has 4 nitrogen and oxygen atoms in total. The Bertz CT molecular complexity index is 416. The quantitative estimate of drug-likeness (QED) is 0.629. The average molecular weight is 258 g/mol. The molecule has 19 heavy (non-hydrogen) atoms. The minimum atomic E-state index is 0.647. The number of hydrogen-bond donors (Lipinski definition) is 2. The first-order valence-corrected chi connectivity index (χ1v) is 7.22. The SMILES string of the molecule is N#Cc1ccnc(NCCNC2CCCCCC2)c1. The standard InChI is InChI=1S/C15H22N4/c16-12-13-7-8-18-15(11-13)19-10-9-17-14-5-3-1-2-4-6-14/h7-8,11,14,17H,1-6,9-10H2,(H,18,19). The Morgan fingerprint density at radius 1 is 1.21 bits per heavy atom. The molecule has 0 atom stereocenters. The van der Waals surface area contributed by atoms with Crippen LogP contribution in [0.25, 0.3) is 0 Å². The smallest absolute Gasteiger partial charge is 0.127 e. The van der Waals surface area contributed by atoms with Crippen molar-refractivity contribution < 1.29 is 0 Å². The van der Waals surface area contributed by atoms with Gasteiger partial charge in [0.15, 0.2) is 0 Å². The van der Waals surface area contributed by atoms with E-state index < -0.39 is 0 Å². The van der Waals surface area contributed by atoms with Crippen molar-refractivity contribution in [3.63, 3.8) is 0 Å². The molecule has 1 fully saturated rings. The fourth-order valence-corrected chi connectivity index (χ4v) is 2.55. The van der Waals surface area contributed by atoms with Crippen LogP contribution in [0.1, 0.15) is 44.1 Å². The summed E-state index contributed by atoms with van der Waals surface area (Å²) in [7, 11) is 0. The van der Waals surface area contributed by atoms with Gasteiger partial charge in [-0.3, -0.25) is 0 Å². The van der Waals surface area contributed by atoms with Crippen LogP contribution >= 0.6 is 0 Å². The first-order chi connectivity index (χ1) is 9.38. The summed E-state index contributed by atoms with van der Waals surface area (Å²) in [6, 6.07) is 6.30. The third-order valence-electron chi connectivity index (χ3n) is 3.61. The van der Waals surface area contributed by atoms with Crippen molar-refractivity contribution in [3.8, 4) is 6.07 Å². The van der Waals surface area contributed by atoms with Crippen molar-refractivity contribution in [2.24, 2.45) is 0 Å². The van der Waals surface area contributed by atoms with E-state index in [0.717, 1.165) is 18.9 Å². The highest BCUT2D eigenvalue weighted by Crippen LogP contribution is 2.16. The zero-order valence-corrected chi connectivity index (χ0v) is 11.4. The van der Waals surface area contributed by atoms with Gasteiger partial charge in [0, 0.05) is 25.3 Å². The van der Waals surface area contributed by atoms with E-state index in [1.807, 2.05) is 0 Å². The molecule has 0 aromatic carbocycles. The molecule has 1 aromatic heterocycles. The highest BCUT2D eigenvalue weighted by atomic mass is 15.0. The monoisotopic (exact) mass is 258 g/mol. The van der Waals surface area contributed by atoms with E-state index in [1.165, 1.54) is 38.5 Å². The van der Waals surface area contributed by atoms with Gasteiger partial charge in [0.1, 0.15) is 5.82 Å². The molecule has 1 aliphatic carbocycles. The maximum Gasteiger partial charge on any atom is 0.127 e. The average Bonchev–Trinajstić information content (AvgIpc) is 2.72. The van der Waals surface area contributed by atoms with Crippen LogP contribution in [-0.2, 0) is 0 Å². The number of anilines is 1. The maximum absolute atomic E-state index is 8.81. The van der Waals surface area contributed by atoms with E-state index >= 15 is 0 Å². The molecule has 4 heteroatoms. The summed E-state index contributed by atoms with van der Waals surface area (Å²) in [5, 5.41) is 15.7. The molecule has 0 radical (unpaired) electrons. The van der Waals surface area contributed by atoms with Crippen LogP contribution in [0.15, 0.2) is 18.3 Å². The lowest BCUT2D eigenvalue weighted by atomic mass is 10.1. The molecule has 0 aliphatic heterocycles. The van der Waals surface area contributed by atoms with Crippen LogP contribution in [0, 0.1) is 11.3 Å². The minimum Gasteiger partial charge on any atom is -0.369 e. The van der Waals surface area contributed by atoms with Crippen molar-refractivity contribution in [2.75, 3.05) is 18.4 Å². The van der Waals surface area contributed by atoms with Gasteiger partial charge < -0.3 is 10.6 Å². The Hall–Kier alpha value is -1.60. The van der Waals surface area contributed by atoms with E-state index in [1.54, 1.807) is 18.3 Å². The highest BCUT2D eigenvalue weighted by molar-refractivity contribution is 5.42. The van der Waals surface area contributed by atoms with Crippen LogP contribution < -0.4 is 10.6 Å². The number of hydrogen-bond acceptors (Lipinski definition) is 4. The van der Waals surface area contributed by atoms with Gasteiger partial charge in [0.25, 0.3) is 0 Å². The van der Waals surface area contributed by atoms with Crippen LogP contribution in [-0.4, -0.2) is 24.1 Å². The fourth-order valence-electron chi connectivity index (χ4n) is 2.55. The van der Waals surface area contributed by atoms with Gasteiger partial charge in [-0.05, 0) is 25.0 Å². The van der Waals surface area contributed by atoms with E-state index in [9.17, 15) is 0 Å². The lowest BCUT2D eigenvalue weighted by Crippen LogP contribution is -2.32. The molecule has 102 valence electrons. The summed E-state index contributed by atoms with van der Waals surface area (Å²) in [4.78, 5) is 4.20. The molecule has 2 N–H and O–H groups in total. The summed E-state index contributed by atoms with van der Waals surface area (Å²) in [6.07, 6.45) is 9.78.